The fourth-order valence-electron chi connectivity index (χ4n) is 4.10. The molecule has 1 aromatic carbocycles. The van der Waals surface area contributed by atoms with Crippen LogP contribution in [0.4, 0.5) is 14.6 Å². The van der Waals surface area contributed by atoms with Crippen molar-refractivity contribution < 1.29 is 13.6 Å². The van der Waals surface area contributed by atoms with E-state index >= 15 is 0 Å². The topological polar surface area (TPSA) is 36.4 Å². The van der Waals surface area contributed by atoms with Crippen LogP contribution in [-0.2, 0) is 0 Å². The predicted molar refractivity (Wildman–Crippen MR) is 114 cm³/mol. The van der Waals surface area contributed by atoms with Gasteiger partial charge in [-0.15, -0.1) is 0 Å². The number of amides is 1. The molecule has 6 heteroatoms. The summed E-state index contributed by atoms with van der Waals surface area (Å²) in [5.41, 5.74) is 2.54. The van der Waals surface area contributed by atoms with E-state index < -0.39 is 11.6 Å². The number of piperidine rings is 2. The van der Waals surface area contributed by atoms with Gasteiger partial charge in [-0.2, -0.15) is 0 Å². The summed E-state index contributed by atoms with van der Waals surface area (Å²) in [5, 5.41) is 0. The third kappa shape index (κ3) is 4.69. The number of rotatable bonds is 3. The Hall–Kier alpha value is -2.76. The first kappa shape index (κ1) is 20.5. The zero-order valence-corrected chi connectivity index (χ0v) is 17.3. The van der Waals surface area contributed by atoms with Crippen molar-refractivity contribution in [2.45, 2.75) is 32.6 Å². The van der Waals surface area contributed by atoms with E-state index in [1.807, 2.05) is 23.1 Å². The number of likely N-dealkylation sites (tertiary alicyclic amines) is 1. The Labute approximate surface area is 176 Å². The van der Waals surface area contributed by atoms with E-state index in [1.165, 1.54) is 11.6 Å². The molecule has 2 aliphatic rings. The van der Waals surface area contributed by atoms with E-state index in [9.17, 15) is 13.6 Å². The molecule has 0 radical (unpaired) electrons. The van der Waals surface area contributed by atoms with Crippen LogP contribution in [0.5, 0.6) is 0 Å². The van der Waals surface area contributed by atoms with Gasteiger partial charge in [0.05, 0.1) is 5.56 Å². The molecule has 0 spiro atoms. The molecule has 2 saturated heterocycles. The number of pyridine rings is 1. The fourth-order valence-corrected chi connectivity index (χ4v) is 4.10. The van der Waals surface area contributed by atoms with Gasteiger partial charge in [-0.05, 0) is 61.4 Å². The highest BCUT2D eigenvalue weighted by Crippen LogP contribution is 2.24. The van der Waals surface area contributed by atoms with Crippen LogP contribution in [0.15, 0.2) is 42.1 Å². The Kier molecular flexibility index (Phi) is 6.11. The second kappa shape index (κ2) is 8.94. The van der Waals surface area contributed by atoms with Crippen LogP contribution >= 0.6 is 0 Å². The van der Waals surface area contributed by atoms with Gasteiger partial charge >= 0.3 is 0 Å². The molecule has 0 saturated carbocycles. The largest absolute Gasteiger partial charge is 0.356 e. The molecule has 0 bridgehead atoms. The van der Waals surface area contributed by atoms with E-state index in [2.05, 4.69) is 16.8 Å². The van der Waals surface area contributed by atoms with Crippen molar-refractivity contribution in [3.05, 3.63) is 64.9 Å². The molecule has 1 aromatic heterocycles. The molecule has 2 aromatic rings. The summed E-state index contributed by atoms with van der Waals surface area (Å²) < 4.78 is 26.5. The molecule has 3 heterocycles. The summed E-state index contributed by atoms with van der Waals surface area (Å²) in [4.78, 5) is 21.3. The minimum atomic E-state index is -0.824. The first-order valence-corrected chi connectivity index (χ1v) is 10.6. The minimum absolute atomic E-state index is 0.0661. The van der Waals surface area contributed by atoms with E-state index in [0.29, 0.717) is 17.0 Å². The van der Waals surface area contributed by atoms with Gasteiger partial charge in [0.15, 0.2) is 11.6 Å². The van der Waals surface area contributed by atoms with Crippen LogP contribution in [0.3, 0.4) is 0 Å². The number of aromatic nitrogens is 1. The lowest BCUT2D eigenvalue weighted by Gasteiger charge is -2.31. The maximum atomic E-state index is 13.4. The average molecular weight is 411 g/mol. The van der Waals surface area contributed by atoms with Crippen molar-refractivity contribution in [1.29, 1.82) is 0 Å². The number of nitrogens with zero attached hydrogens (tertiary/aromatic N) is 3. The standard InChI is InChI=1S/C24H27F2N3O/c1-17-6-10-29(11-7-17)24(30)20-3-5-23(27-16-20)28-12-8-18(9-13-28)14-19-2-4-21(25)22(26)15-19/h2-5,14-17H,6-13H2,1H3. The first-order chi connectivity index (χ1) is 14.5. The highest BCUT2D eigenvalue weighted by molar-refractivity contribution is 5.94. The van der Waals surface area contributed by atoms with E-state index in [-0.39, 0.29) is 5.91 Å². The Morgan fingerprint density at radius 3 is 2.40 bits per heavy atom. The number of hydrogen-bond donors (Lipinski definition) is 0. The second-order valence-corrected chi connectivity index (χ2v) is 8.34. The highest BCUT2D eigenvalue weighted by atomic mass is 19.2. The van der Waals surface area contributed by atoms with Gasteiger partial charge in [0.1, 0.15) is 5.82 Å². The van der Waals surface area contributed by atoms with Crippen molar-refractivity contribution in [2.24, 2.45) is 5.92 Å². The molecular weight excluding hydrogens is 384 g/mol. The molecule has 0 N–H and O–H groups in total. The molecule has 0 atom stereocenters. The molecule has 30 heavy (non-hydrogen) atoms. The van der Waals surface area contributed by atoms with Gasteiger partial charge in [-0.25, -0.2) is 13.8 Å². The van der Waals surface area contributed by atoms with Crippen molar-refractivity contribution in [3.63, 3.8) is 0 Å². The van der Waals surface area contributed by atoms with Crippen LogP contribution in [0.2, 0.25) is 0 Å². The van der Waals surface area contributed by atoms with Crippen LogP contribution in [0, 0.1) is 17.6 Å². The molecular formula is C24H27F2N3O. The molecule has 1 amide bonds. The molecule has 0 aliphatic carbocycles. The Morgan fingerprint density at radius 2 is 1.77 bits per heavy atom. The molecule has 4 nitrogen and oxygen atoms in total. The summed E-state index contributed by atoms with van der Waals surface area (Å²) >= 11 is 0. The maximum Gasteiger partial charge on any atom is 0.255 e. The van der Waals surface area contributed by atoms with Gasteiger partial charge in [0.25, 0.3) is 5.91 Å². The lowest BCUT2D eigenvalue weighted by molar-refractivity contribution is 0.0697. The lowest BCUT2D eigenvalue weighted by Crippen LogP contribution is -2.38. The third-order valence-electron chi connectivity index (χ3n) is 6.11. The number of carbonyl (C=O) groups excluding carboxylic acids is 1. The highest BCUT2D eigenvalue weighted by Gasteiger charge is 2.22. The van der Waals surface area contributed by atoms with E-state index in [0.717, 1.165) is 63.7 Å². The summed E-state index contributed by atoms with van der Waals surface area (Å²) in [6.45, 7) is 5.48. The second-order valence-electron chi connectivity index (χ2n) is 8.34. The van der Waals surface area contributed by atoms with Crippen LogP contribution in [0.1, 0.15) is 48.5 Å². The van der Waals surface area contributed by atoms with Crippen molar-refractivity contribution in [3.8, 4) is 0 Å². The van der Waals surface area contributed by atoms with Crippen molar-refractivity contribution in [1.82, 2.24) is 9.88 Å². The normalized spacial score (nSPS) is 17.9. The predicted octanol–water partition coefficient (Wildman–Crippen LogP) is 4.92. The molecule has 4 rings (SSSR count). The number of halogens is 2. The van der Waals surface area contributed by atoms with Crippen molar-refractivity contribution in [2.75, 3.05) is 31.1 Å². The summed E-state index contributed by atoms with van der Waals surface area (Å²) in [6, 6.07) is 7.78. The molecule has 158 valence electrons. The third-order valence-corrected chi connectivity index (χ3v) is 6.11. The molecule has 2 aliphatic heterocycles. The Balaban J connectivity index is 1.35. The number of hydrogen-bond acceptors (Lipinski definition) is 3. The quantitative estimate of drug-likeness (QED) is 0.720. The van der Waals surface area contributed by atoms with Crippen LogP contribution in [-0.4, -0.2) is 42.0 Å². The van der Waals surface area contributed by atoms with Gasteiger partial charge < -0.3 is 9.80 Å². The average Bonchev–Trinajstić information content (AvgIpc) is 2.77. The van der Waals surface area contributed by atoms with Crippen LogP contribution < -0.4 is 4.90 Å². The first-order valence-electron chi connectivity index (χ1n) is 10.6. The summed E-state index contributed by atoms with van der Waals surface area (Å²) in [6.07, 6.45) is 7.43. The van der Waals surface area contributed by atoms with Gasteiger partial charge in [-0.3, -0.25) is 4.79 Å². The van der Waals surface area contributed by atoms with Gasteiger partial charge in [-0.1, -0.05) is 24.6 Å². The zero-order valence-electron chi connectivity index (χ0n) is 17.3. The maximum absolute atomic E-state index is 13.4. The van der Waals surface area contributed by atoms with Gasteiger partial charge in [0, 0.05) is 32.4 Å². The molecule has 0 unspecified atom stereocenters. The zero-order chi connectivity index (χ0) is 21.1. The monoisotopic (exact) mass is 411 g/mol. The molecule has 2 fully saturated rings. The van der Waals surface area contributed by atoms with E-state index in [1.54, 1.807) is 12.3 Å². The lowest BCUT2D eigenvalue weighted by atomic mass is 9.99. The Bertz CT molecular complexity index is 924. The number of anilines is 1. The number of carbonyl (C=O) groups is 1. The Morgan fingerprint density at radius 1 is 1.03 bits per heavy atom. The summed E-state index contributed by atoms with van der Waals surface area (Å²) in [5.74, 6) is -0.0220. The van der Waals surface area contributed by atoms with Gasteiger partial charge in [0.2, 0.25) is 0 Å². The summed E-state index contributed by atoms with van der Waals surface area (Å²) in [7, 11) is 0. The minimum Gasteiger partial charge on any atom is -0.356 e. The van der Waals surface area contributed by atoms with E-state index in [4.69, 9.17) is 0 Å². The smallest absolute Gasteiger partial charge is 0.255 e. The SMILES string of the molecule is CC1CCN(C(=O)c2ccc(N3CCC(=Cc4ccc(F)c(F)c4)CC3)nc2)CC1. The number of benzene rings is 1. The fraction of sp³-hybridized carbons (Fsp3) is 0.417. The van der Waals surface area contributed by atoms with Crippen LogP contribution in [0.25, 0.3) is 6.08 Å². The van der Waals surface area contributed by atoms with Crippen molar-refractivity contribution >= 4 is 17.8 Å².